The average molecular weight is 304 g/mol. The van der Waals surface area contributed by atoms with E-state index in [1.165, 1.54) is 0 Å². The molecule has 23 heavy (non-hydrogen) atoms. The molecule has 2 amide bonds. The molecular weight excluding hydrogens is 288 g/mol. The molecule has 5 nitrogen and oxygen atoms in total. The largest absolute Gasteiger partial charge is 0.327 e. The number of urea groups is 1. The second kappa shape index (κ2) is 7.17. The van der Waals surface area contributed by atoms with Gasteiger partial charge in [0.05, 0.1) is 6.04 Å². The van der Waals surface area contributed by atoms with E-state index in [2.05, 4.69) is 20.6 Å². The number of rotatable bonds is 4. The zero-order chi connectivity index (χ0) is 15.9. The van der Waals surface area contributed by atoms with Gasteiger partial charge in [0, 0.05) is 12.4 Å². The molecule has 5 heteroatoms. The van der Waals surface area contributed by atoms with Gasteiger partial charge in [0.15, 0.2) is 0 Å². The standard InChI is InChI=1S/C18H16N4O/c23-18(22-17-19-12-7-13-20-17)21-16(14-8-3-1-4-9-14)15-10-5-2-6-11-15/h1-13,16H,(H2,19,20,21,22,23). The molecule has 2 N–H and O–H groups in total. The van der Waals surface area contributed by atoms with Crippen LogP contribution in [-0.2, 0) is 0 Å². The molecule has 0 spiro atoms. The highest BCUT2D eigenvalue weighted by atomic mass is 16.2. The number of anilines is 1. The molecule has 0 fully saturated rings. The van der Waals surface area contributed by atoms with Crippen molar-refractivity contribution in [3.63, 3.8) is 0 Å². The average Bonchev–Trinajstić information content (AvgIpc) is 2.62. The summed E-state index contributed by atoms with van der Waals surface area (Å²) in [5.74, 6) is 0.268. The maximum atomic E-state index is 12.3. The Balaban J connectivity index is 1.81. The first-order chi connectivity index (χ1) is 11.3. The van der Waals surface area contributed by atoms with Gasteiger partial charge in [-0.3, -0.25) is 5.32 Å². The molecule has 1 aromatic heterocycles. The van der Waals surface area contributed by atoms with Gasteiger partial charge in [-0.25, -0.2) is 14.8 Å². The van der Waals surface area contributed by atoms with Crippen LogP contribution in [0.25, 0.3) is 0 Å². The number of hydrogen-bond acceptors (Lipinski definition) is 3. The Morgan fingerprint density at radius 3 is 1.83 bits per heavy atom. The minimum Gasteiger partial charge on any atom is -0.327 e. The molecule has 114 valence electrons. The summed E-state index contributed by atoms with van der Waals surface area (Å²) in [6, 6.07) is 20.7. The van der Waals surface area contributed by atoms with E-state index in [1.807, 2.05) is 60.7 Å². The topological polar surface area (TPSA) is 66.9 Å². The van der Waals surface area contributed by atoms with Gasteiger partial charge in [0.25, 0.3) is 0 Å². The van der Waals surface area contributed by atoms with Crippen molar-refractivity contribution in [3.05, 3.63) is 90.3 Å². The summed E-state index contributed by atoms with van der Waals surface area (Å²) in [7, 11) is 0. The summed E-state index contributed by atoms with van der Waals surface area (Å²) >= 11 is 0. The van der Waals surface area contributed by atoms with Crippen molar-refractivity contribution >= 4 is 12.0 Å². The number of nitrogens with one attached hydrogen (secondary N) is 2. The second-order valence-corrected chi connectivity index (χ2v) is 4.93. The predicted molar refractivity (Wildman–Crippen MR) is 88.9 cm³/mol. The summed E-state index contributed by atoms with van der Waals surface area (Å²) in [6.45, 7) is 0. The summed E-state index contributed by atoms with van der Waals surface area (Å²) < 4.78 is 0. The first-order valence-corrected chi connectivity index (χ1v) is 7.27. The highest BCUT2D eigenvalue weighted by Crippen LogP contribution is 2.21. The molecule has 0 radical (unpaired) electrons. The summed E-state index contributed by atoms with van der Waals surface area (Å²) in [6.07, 6.45) is 3.16. The quantitative estimate of drug-likeness (QED) is 0.776. The van der Waals surface area contributed by atoms with E-state index < -0.39 is 0 Å². The fraction of sp³-hybridized carbons (Fsp3) is 0.0556. The van der Waals surface area contributed by atoms with Gasteiger partial charge in [-0.2, -0.15) is 0 Å². The molecule has 3 rings (SSSR count). The number of carbonyl (C=O) groups excluding carboxylic acids is 1. The first-order valence-electron chi connectivity index (χ1n) is 7.27. The van der Waals surface area contributed by atoms with Gasteiger partial charge in [0.1, 0.15) is 0 Å². The first kappa shape index (κ1) is 14.7. The number of nitrogens with zero attached hydrogens (tertiary/aromatic N) is 2. The van der Waals surface area contributed by atoms with E-state index in [0.29, 0.717) is 0 Å². The van der Waals surface area contributed by atoms with Crippen molar-refractivity contribution < 1.29 is 4.79 Å². The molecule has 2 aromatic carbocycles. The zero-order valence-electron chi connectivity index (χ0n) is 12.4. The third kappa shape index (κ3) is 3.91. The second-order valence-electron chi connectivity index (χ2n) is 4.93. The molecule has 0 bridgehead atoms. The monoisotopic (exact) mass is 304 g/mol. The van der Waals surface area contributed by atoms with Crippen molar-refractivity contribution in [1.29, 1.82) is 0 Å². The Kier molecular flexibility index (Phi) is 4.59. The molecule has 0 aliphatic carbocycles. The number of carbonyl (C=O) groups is 1. The summed E-state index contributed by atoms with van der Waals surface area (Å²) in [5.41, 5.74) is 2.01. The van der Waals surface area contributed by atoms with Crippen LogP contribution in [-0.4, -0.2) is 16.0 Å². The highest BCUT2D eigenvalue weighted by Gasteiger charge is 2.16. The summed E-state index contributed by atoms with van der Waals surface area (Å²) in [5, 5.41) is 5.61. The minimum atomic E-state index is -0.353. The van der Waals surface area contributed by atoms with Crippen LogP contribution in [0.1, 0.15) is 17.2 Å². The van der Waals surface area contributed by atoms with Crippen molar-refractivity contribution in [2.24, 2.45) is 0 Å². The van der Waals surface area contributed by atoms with Crippen LogP contribution in [0, 0.1) is 0 Å². The van der Waals surface area contributed by atoms with Crippen molar-refractivity contribution in [2.45, 2.75) is 6.04 Å². The van der Waals surface area contributed by atoms with Gasteiger partial charge in [0.2, 0.25) is 5.95 Å². The lowest BCUT2D eigenvalue weighted by atomic mass is 9.99. The predicted octanol–water partition coefficient (Wildman–Crippen LogP) is 3.39. The number of amides is 2. The number of benzene rings is 2. The molecule has 0 atom stereocenters. The van der Waals surface area contributed by atoms with Gasteiger partial charge in [-0.05, 0) is 17.2 Å². The maximum absolute atomic E-state index is 12.3. The van der Waals surface area contributed by atoms with Crippen LogP contribution in [0.15, 0.2) is 79.1 Å². The van der Waals surface area contributed by atoms with E-state index in [4.69, 9.17) is 0 Å². The van der Waals surface area contributed by atoms with Crippen LogP contribution in [0.4, 0.5) is 10.7 Å². The molecule has 0 aliphatic heterocycles. The van der Waals surface area contributed by atoms with Gasteiger partial charge >= 0.3 is 6.03 Å². The Bertz CT molecular complexity index is 708. The van der Waals surface area contributed by atoms with E-state index in [9.17, 15) is 4.79 Å². The molecule has 0 saturated heterocycles. The maximum Gasteiger partial charge on any atom is 0.322 e. The van der Waals surface area contributed by atoms with Crippen LogP contribution < -0.4 is 10.6 Å². The normalized spacial score (nSPS) is 10.3. The molecule has 1 heterocycles. The van der Waals surface area contributed by atoms with Gasteiger partial charge < -0.3 is 5.32 Å². The fourth-order valence-corrected chi connectivity index (χ4v) is 2.28. The van der Waals surface area contributed by atoms with Gasteiger partial charge in [-0.1, -0.05) is 60.7 Å². The molecular formula is C18H16N4O. The fourth-order valence-electron chi connectivity index (χ4n) is 2.28. The summed E-state index contributed by atoms with van der Waals surface area (Å²) in [4.78, 5) is 20.2. The lowest BCUT2D eigenvalue weighted by Crippen LogP contribution is -2.33. The van der Waals surface area contributed by atoms with E-state index in [1.54, 1.807) is 18.5 Å². The van der Waals surface area contributed by atoms with Gasteiger partial charge in [-0.15, -0.1) is 0 Å². The Morgan fingerprint density at radius 2 is 1.30 bits per heavy atom. The van der Waals surface area contributed by atoms with Crippen LogP contribution in [0.5, 0.6) is 0 Å². The highest BCUT2D eigenvalue weighted by molar-refractivity contribution is 5.87. The zero-order valence-corrected chi connectivity index (χ0v) is 12.4. The van der Waals surface area contributed by atoms with E-state index in [0.717, 1.165) is 11.1 Å². The number of hydrogen-bond donors (Lipinski definition) is 2. The Morgan fingerprint density at radius 1 is 0.783 bits per heavy atom. The van der Waals surface area contributed by atoms with Crippen LogP contribution in [0.2, 0.25) is 0 Å². The van der Waals surface area contributed by atoms with Crippen molar-refractivity contribution in [1.82, 2.24) is 15.3 Å². The van der Waals surface area contributed by atoms with Crippen LogP contribution >= 0.6 is 0 Å². The smallest absolute Gasteiger partial charge is 0.322 e. The lowest BCUT2D eigenvalue weighted by molar-refractivity contribution is 0.250. The number of aromatic nitrogens is 2. The SMILES string of the molecule is O=C(Nc1ncccn1)NC(c1ccccc1)c1ccccc1. The lowest BCUT2D eigenvalue weighted by Gasteiger charge is -2.19. The molecule has 3 aromatic rings. The Hall–Kier alpha value is -3.21. The van der Waals surface area contributed by atoms with Crippen molar-refractivity contribution in [3.8, 4) is 0 Å². The molecule has 0 unspecified atom stereocenters. The van der Waals surface area contributed by atoms with Crippen LogP contribution in [0.3, 0.4) is 0 Å². The molecule has 0 saturated carbocycles. The van der Waals surface area contributed by atoms with E-state index >= 15 is 0 Å². The van der Waals surface area contributed by atoms with Crippen molar-refractivity contribution in [2.75, 3.05) is 5.32 Å². The minimum absolute atomic E-state index is 0.249. The third-order valence-electron chi connectivity index (χ3n) is 3.33. The molecule has 0 aliphatic rings. The Labute approximate surface area is 134 Å². The van der Waals surface area contributed by atoms with E-state index in [-0.39, 0.29) is 18.0 Å². The third-order valence-corrected chi connectivity index (χ3v) is 3.33.